The molecule has 4 atom stereocenters. The van der Waals surface area contributed by atoms with Crippen LogP contribution in [0.15, 0.2) is 24.3 Å². The number of methoxy groups -OCH3 is 1. The maximum absolute atomic E-state index is 13.0. The molecular weight excluding hydrogens is 372 g/mol. The molecule has 166 valence electrons. The van der Waals surface area contributed by atoms with E-state index in [9.17, 15) is 4.79 Å². The third-order valence-electron chi connectivity index (χ3n) is 8.52. The predicted octanol–water partition coefficient (Wildman–Crippen LogP) is 7.04. The molecule has 3 nitrogen and oxygen atoms in total. The van der Waals surface area contributed by atoms with Gasteiger partial charge in [-0.2, -0.15) is 0 Å². The van der Waals surface area contributed by atoms with E-state index < -0.39 is 0 Å². The lowest BCUT2D eigenvalue weighted by molar-refractivity contribution is -0.144. The maximum atomic E-state index is 13.0. The van der Waals surface area contributed by atoms with Crippen molar-refractivity contribution in [3.8, 4) is 11.5 Å². The first kappa shape index (κ1) is 21.7. The number of fused-ring (bicyclic) bond motifs is 1. The first-order valence-corrected chi connectivity index (χ1v) is 12.5. The number of carbonyl (C=O) groups excluding carboxylic acids is 1. The molecule has 1 aromatic rings. The van der Waals surface area contributed by atoms with E-state index in [1.165, 1.54) is 70.6 Å². The van der Waals surface area contributed by atoms with Gasteiger partial charge in [-0.1, -0.05) is 45.4 Å². The van der Waals surface area contributed by atoms with Crippen LogP contribution in [0.4, 0.5) is 0 Å². The molecule has 3 fully saturated rings. The molecule has 3 heteroatoms. The quantitative estimate of drug-likeness (QED) is 0.371. The van der Waals surface area contributed by atoms with E-state index >= 15 is 0 Å². The molecule has 0 heterocycles. The van der Waals surface area contributed by atoms with Gasteiger partial charge in [0, 0.05) is 0 Å². The van der Waals surface area contributed by atoms with Crippen LogP contribution >= 0.6 is 0 Å². The van der Waals surface area contributed by atoms with Crippen molar-refractivity contribution in [1.82, 2.24) is 0 Å². The fourth-order valence-electron chi connectivity index (χ4n) is 6.91. The second-order valence-corrected chi connectivity index (χ2v) is 10.2. The Morgan fingerprint density at radius 1 is 0.867 bits per heavy atom. The zero-order valence-electron chi connectivity index (χ0n) is 19.0. The SMILES string of the molecule is CCCC1CCC(C2CCC3C(CCCC3C(=O)Oc3ccc(OC)cc3)C2)CC1. The highest BCUT2D eigenvalue weighted by Gasteiger charge is 2.43. The molecular formula is C27H40O3. The van der Waals surface area contributed by atoms with Crippen LogP contribution in [0.3, 0.4) is 0 Å². The third-order valence-corrected chi connectivity index (χ3v) is 8.52. The minimum absolute atomic E-state index is 0.00612. The number of benzene rings is 1. The molecule has 0 spiro atoms. The minimum Gasteiger partial charge on any atom is -0.497 e. The van der Waals surface area contributed by atoms with Gasteiger partial charge >= 0.3 is 5.97 Å². The molecule has 1 aromatic carbocycles. The number of hydrogen-bond acceptors (Lipinski definition) is 3. The summed E-state index contributed by atoms with van der Waals surface area (Å²) >= 11 is 0. The molecule has 3 saturated carbocycles. The molecule has 3 aliphatic carbocycles. The second-order valence-electron chi connectivity index (χ2n) is 10.2. The number of rotatable bonds is 6. The Balaban J connectivity index is 1.31. The van der Waals surface area contributed by atoms with Crippen molar-refractivity contribution in [3.63, 3.8) is 0 Å². The highest BCUT2D eigenvalue weighted by Crippen LogP contribution is 2.50. The zero-order valence-corrected chi connectivity index (χ0v) is 19.0. The Morgan fingerprint density at radius 2 is 1.57 bits per heavy atom. The van der Waals surface area contributed by atoms with Crippen molar-refractivity contribution in [3.05, 3.63) is 24.3 Å². The van der Waals surface area contributed by atoms with Crippen LogP contribution in [-0.2, 0) is 4.79 Å². The number of esters is 1. The smallest absolute Gasteiger partial charge is 0.314 e. The van der Waals surface area contributed by atoms with Crippen LogP contribution in [-0.4, -0.2) is 13.1 Å². The fraction of sp³-hybridized carbons (Fsp3) is 0.741. The van der Waals surface area contributed by atoms with Crippen molar-refractivity contribution in [2.45, 2.75) is 84.0 Å². The summed E-state index contributed by atoms with van der Waals surface area (Å²) in [6.07, 6.45) is 16.0. The second kappa shape index (κ2) is 10.2. The van der Waals surface area contributed by atoms with E-state index in [1.807, 2.05) is 24.3 Å². The summed E-state index contributed by atoms with van der Waals surface area (Å²) in [5.41, 5.74) is 0. The van der Waals surface area contributed by atoms with Crippen molar-refractivity contribution in [1.29, 1.82) is 0 Å². The lowest BCUT2D eigenvalue weighted by Gasteiger charge is -2.46. The van der Waals surface area contributed by atoms with Gasteiger partial charge in [0.1, 0.15) is 11.5 Å². The van der Waals surface area contributed by atoms with Gasteiger partial charge in [0.15, 0.2) is 0 Å². The van der Waals surface area contributed by atoms with Crippen molar-refractivity contribution in [2.24, 2.45) is 35.5 Å². The number of hydrogen-bond donors (Lipinski definition) is 0. The van der Waals surface area contributed by atoms with Crippen LogP contribution < -0.4 is 9.47 Å². The van der Waals surface area contributed by atoms with Gasteiger partial charge < -0.3 is 9.47 Å². The van der Waals surface area contributed by atoms with Gasteiger partial charge in [0.25, 0.3) is 0 Å². The Labute approximate surface area is 182 Å². The Bertz CT molecular complexity index is 674. The van der Waals surface area contributed by atoms with Gasteiger partial charge in [0.2, 0.25) is 0 Å². The fourth-order valence-corrected chi connectivity index (χ4v) is 6.91. The van der Waals surface area contributed by atoms with Crippen LogP contribution in [0.25, 0.3) is 0 Å². The highest BCUT2D eigenvalue weighted by molar-refractivity contribution is 5.75. The first-order valence-electron chi connectivity index (χ1n) is 12.5. The van der Waals surface area contributed by atoms with Gasteiger partial charge in [-0.05, 0) is 92.4 Å². The molecule has 4 rings (SSSR count). The summed E-state index contributed by atoms with van der Waals surface area (Å²) in [5.74, 6) is 5.64. The normalized spacial score (nSPS) is 34.1. The van der Waals surface area contributed by atoms with E-state index in [1.54, 1.807) is 7.11 Å². The van der Waals surface area contributed by atoms with Crippen LogP contribution in [0.5, 0.6) is 11.5 Å². The van der Waals surface area contributed by atoms with Crippen molar-refractivity contribution < 1.29 is 14.3 Å². The molecule has 4 unspecified atom stereocenters. The van der Waals surface area contributed by atoms with E-state index in [4.69, 9.17) is 9.47 Å². The maximum Gasteiger partial charge on any atom is 0.314 e. The van der Waals surface area contributed by atoms with Gasteiger partial charge in [-0.3, -0.25) is 4.79 Å². The summed E-state index contributed by atoms with van der Waals surface area (Å²) in [4.78, 5) is 13.0. The Hall–Kier alpha value is -1.51. The summed E-state index contributed by atoms with van der Waals surface area (Å²) in [6.45, 7) is 2.33. The van der Waals surface area contributed by atoms with Crippen molar-refractivity contribution in [2.75, 3.05) is 7.11 Å². The van der Waals surface area contributed by atoms with E-state index in [2.05, 4.69) is 6.92 Å². The summed E-state index contributed by atoms with van der Waals surface area (Å²) in [5, 5.41) is 0. The molecule has 0 saturated heterocycles. The third kappa shape index (κ3) is 5.03. The topological polar surface area (TPSA) is 35.5 Å². The zero-order chi connectivity index (χ0) is 20.9. The van der Waals surface area contributed by atoms with Gasteiger partial charge in [-0.15, -0.1) is 0 Å². The molecule has 0 N–H and O–H groups in total. The monoisotopic (exact) mass is 412 g/mol. The van der Waals surface area contributed by atoms with Crippen LogP contribution in [0.1, 0.15) is 84.0 Å². The molecule has 0 aliphatic heterocycles. The lowest BCUT2D eigenvalue weighted by atomic mass is 9.59. The van der Waals surface area contributed by atoms with E-state index in [0.29, 0.717) is 11.7 Å². The summed E-state index contributed by atoms with van der Waals surface area (Å²) < 4.78 is 11.0. The molecule has 0 amide bonds. The number of ether oxygens (including phenoxy) is 2. The number of carbonyl (C=O) groups is 1. The first-order chi connectivity index (χ1) is 14.7. The predicted molar refractivity (Wildman–Crippen MR) is 121 cm³/mol. The molecule has 0 bridgehead atoms. The van der Waals surface area contributed by atoms with Gasteiger partial charge in [-0.25, -0.2) is 0 Å². The van der Waals surface area contributed by atoms with Crippen molar-refractivity contribution >= 4 is 5.97 Å². The standard InChI is InChI=1S/C27H40O3/c1-3-5-19-8-10-20(11-9-19)21-12-17-25-22(18-21)6-4-7-26(25)27(28)30-24-15-13-23(29-2)14-16-24/h13-16,19-22,25-26H,3-12,17-18H2,1-2H3. The summed E-state index contributed by atoms with van der Waals surface area (Å²) in [7, 11) is 1.65. The van der Waals surface area contributed by atoms with Crippen LogP contribution in [0.2, 0.25) is 0 Å². The summed E-state index contributed by atoms with van der Waals surface area (Å²) in [6, 6.07) is 7.38. The average Bonchev–Trinajstić information content (AvgIpc) is 2.79. The molecule has 0 radical (unpaired) electrons. The highest BCUT2D eigenvalue weighted by atomic mass is 16.5. The largest absolute Gasteiger partial charge is 0.497 e. The van der Waals surface area contributed by atoms with E-state index in [0.717, 1.165) is 35.8 Å². The van der Waals surface area contributed by atoms with E-state index in [-0.39, 0.29) is 11.9 Å². The lowest BCUT2D eigenvalue weighted by Crippen LogP contribution is -2.40. The molecule has 0 aromatic heterocycles. The minimum atomic E-state index is -0.00612. The molecule has 30 heavy (non-hydrogen) atoms. The van der Waals surface area contributed by atoms with Gasteiger partial charge in [0.05, 0.1) is 13.0 Å². The Morgan fingerprint density at radius 3 is 2.27 bits per heavy atom. The average molecular weight is 413 g/mol. The van der Waals surface area contributed by atoms with Crippen LogP contribution in [0, 0.1) is 35.5 Å². The Kier molecular flexibility index (Phi) is 7.38. The molecule has 3 aliphatic rings.